The van der Waals surface area contributed by atoms with Crippen molar-refractivity contribution >= 4 is 6.21 Å². The molecule has 3 heteroatoms. The summed E-state index contributed by atoms with van der Waals surface area (Å²) < 4.78 is 0. The SMILES string of the molecule is CO/N=C/c1ccc(C)c(C)c1O. The fraction of sp³-hybridized carbons (Fsp3) is 0.300. The molecule has 0 aliphatic carbocycles. The van der Waals surface area contributed by atoms with Crippen molar-refractivity contribution in [1.82, 2.24) is 0 Å². The molecule has 3 nitrogen and oxygen atoms in total. The van der Waals surface area contributed by atoms with Crippen molar-refractivity contribution in [3.8, 4) is 5.75 Å². The summed E-state index contributed by atoms with van der Waals surface area (Å²) in [6, 6.07) is 3.74. The first-order valence-electron chi connectivity index (χ1n) is 4.02. The molecular formula is C10H13NO2. The van der Waals surface area contributed by atoms with Gasteiger partial charge in [-0.1, -0.05) is 11.2 Å². The summed E-state index contributed by atoms with van der Waals surface area (Å²) >= 11 is 0. The van der Waals surface area contributed by atoms with Crippen LogP contribution in [0, 0.1) is 13.8 Å². The van der Waals surface area contributed by atoms with E-state index in [-0.39, 0.29) is 5.75 Å². The van der Waals surface area contributed by atoms with Crippen LogP contribution in [-0.4, -0.2) is 18.4 Å². The fourth-order valence-electron chi connectivity index (χ4n) is 1.04. The Morgan fingerprint density at radius 1 is 1.38 bits per heavy atom. The molecule has 1 aromatic carbocycles. The summed E-state index contributed by atoms with van der Waals surface area (Å²) in [7, 11) is 1.47. The molecule has 0 bridgehead atoms. The topological polar surface area (TPSA) is 41.8 Å². The summed E-state index contributed by atoms with van der Waals surface area (Å²) in [5.41, 5.74) is 2.61. The van der Waals surface area contributed by atoms with Gasteiger partial charge in [-0.2, -0.15) is 0 Å². The minimum absolute atomic E-state index is 0.265. The van der Waals surface area contributed by atoms with E-state index in [4.69, 9.17) is 0 Å². The molecule has 0 aliphatic heterocycles. The molecular weight excluding hydrogens is 166 g/mol. The number of benzene rings is 1. The Morgan fingerprint density at radius 3 is 2.69 bits per heavy atom. The third-order valence-corrected chi connectivity index (χ3v) is 2.03. The first-order chi connectivity index (χ1) is 6.16. The maximum Gasteiger partial charge on any atom is 0.127 e. The maximum absolute atomic E-state index is 9.66. The van der Waals surface area contributed by atoms with Gasteiger partial charge in [0.2, 0.25) is 0 Å². The van der Waals surface area contributed by atoms with E-state index < -0.39 is 0 Å². The van der Waals surface area contributed by atoms with Crippen LogP contribution in [0.5, 0.6) is 5.75 Å². The highest BCUT2D eigenvalue weighted by Crippen LogP contribution is 2.23. The number of hydrogen-bond donors (Lipinski definition) is 1. The van der Waals surface area contributed by atoms with Crippen LogP contribution >= 0.6 is 0 Å². The van der Waals surface area contributed by atoms with Crippen LogP contribution in [-0.2, 0) is 4.84 Å². The molecule has 0 aromatic heterocycles. The van der Waals surface area contributed by atoms with Gasteiger partial charge in [0.05, 0.1) is 6.21 Å². The normalized spacial score (nSPS) is 10.7. The lowest BCUT2D eigenvalue weighted by Crippen LogP contribution is -1.89. The largest absolute Gasteiger partial charge is 0.507 e. The minimum Gasteiger partial charge on any atom is -0.507 e. The predicted octanol–water partition coefficient (Wildman–Crippen LogP) is 1.99. The quantitative estimate of drug-likeness (QED) is 0.557. The summed E-state index contributed by atoms with van der Waals surface area (Å²) in [5.74, 6) is 0.265. The zero-order valence-electron chi connectivity index (χ0n) is 8.03. The number of aromatic hydroxyl groups is 1. The van der Waals surface area contributed by atoms with Crippen molar-refractivity contribution in [3.63, 3.8) is 0 Å². The van der Waals surface area contributed by atoms with Gasteiger partial charge in [0.15, 0.2) is 0 Å². The molecule has 0 atom stereocenters. The third kappa shape index (κ3) is 1.99. The predicted molar refractivity (Wildman–Crippen MR) is 52.2 cm³/mol. The van der Waals surface area contributed by atoms with Gasteiger partial charge in [0, 0.05) is 5.56 Å². The van der Waals surface area contributed by atoms with Gasteiger partial charge in [-0.25, -0.2) is 0 Å². The zero-order valence-corrected chi connectivity index (χ0v) is 8.03. The van der Waals surface area contributed by atoms with E-state index in [1.54, 1.807) is 6.07 Å². The first-order valence-corrected chi connectivity index (χ1v) is 4.02. The standard InChI is InChI=1S/C10H13NO2/c1-7-4-5-9(6-11-13-3)10(12)8(7)2/h4-6,12H,1-3H3/b11-6+. The molecule has 0 heterocycles. The zero-order chi connectivity index (χ0) is 9.84. The van der Waals surface area contributed by atoms with E-state index in [0.29, 0.717) is 5.56 Å². The average molecular weight is 179 g/mol. The minimum atomic E-state index is 0.265. The lowest BCUT2D eigenvalue weighted by Gasteiger charge is -2.05. The average Bonchev–Trinajstić information content (AvgIpc) is 2.13. The van der Waals surface area contributed by atoms with Crippen LogP contribution in [0.3, 0.4) is 0 Å². The molecule has 0 saturated heterocycles. The lowest BCUT2D eigenvalue weighted by molar-refractivity contribution is 0.215. The molecule has 0 radical (unpaired) electrons. The highest BCUT2D eigenvalue weighted by Gasteiger charge is 2.03. The summed E-state index contributed by atoms with van der Waals surface area (Å²) in [6.45, 7) is 3.82. The van der Waals surface area contributed by atoms with Crippen LogP contribution in [0.25, 0.3) is 0 Å². The summed E-state index contributed by atoms with van der Waals surface area (Å²) in [5, 5.41) is 13.2. The van der Waals surface area contributed by atoms with Gasteiger partial charge in [-0.3, -0.25) is 0 Å². The van der Waals surface area contributed by atoms with Gasteiger partial charge in [0.25, 0.3) is 0 Å². The highest BCUT2D eigenvalue weighted by molar-refractivity contribution is 5.83. The monoisotopic (exact) mass is 179 g/mol. The van der Waals surface area contributed by atoms with Gasteiger partial charge in [-0.15, -0.1) is 0 Å². The smallest absolute Gasteiger partial charge is 0.127 e. The third-order valence-electron chi connectivity index (χ3n) is 2.03. The van der Waals surface area contributed by atoms with Gasteiger partial charge in [0.1, 0.15) is 12.9 Å². The number of hydrogen-bond acceptors (Lipinski definition) is 3. The number of nitrogens with zero attached hydrogens (tertiary/aromatic N) is 1. The van der Waals surface area contributed by atoms with E-state index in [9.17, 15) is 5.11 Å². The Balaban J connectivity index is 3.11. The van der Waals surface area contributed by atoms with Crippen LogP contribution in [0.4, 0.5) is 0 Å². The van der Waals surface area contributed by atoms with Crippen LogP contribution in [0.15, 0.2) is 17.3 Å². The molecule has 70 valence electrons. The molecule has 0 saturated carbocycles. The van der Waals surface area contributed by atoms with Crippen LogP contribution in [0.1, 0.15) is 16.7 Å². The Kier molecular flexibility index (Phi) is 2.90. The van der Waals surface area contributed by atoms with Crippen molar-refractivity contribution in [2.24, 2.45) is 5.16 Å². The highest BCUT2D eigenvalue weighted by atomic mass is 16.6. The van der Waals surface area contributed by atoms with E-state index in [1.165, 1.54) is 13.3 Å². The van der Waals surface area contributed by atoms with E-state index in [0.717, 1.165) is 11.1 Å². The molecule has 1 rings (SSSR count). The van der Waals surface area contributed by atoms with Gasteiger partial charge in [-0.05, 0) is 31.0 Å². The molecule has 0 aliphatic rings. The van der Waals surface area contributed by atoms with Crippen molar-refractivity contribution in [1.29, 1.82) is 0 Å². The second kappa shape index (κ2) is 3.94. The fourth-order valence-corrected chi connectivity index (χ4v) is 1.04. The Bertz CT molecular complexity index is 332. The summed E-state index contributed by atoms with van der Waals surface area (Å²) in [4.78, 5) is 4.53. The van der Waals surface area contributed by atoms with E-state index >= 15 is 0 Å². The van der Waals surface area contributed by atoms with Crippen molar-refractivity contribution in [3.05, 3.63) is 28.8 Å². The number of oxime groups is 1. The molecule has 0 unspecified atom stereocenters. The van der Waals surface area contributed by atoms with Crippen molar-refractivity contribution in [2.75, 3.05) is 7.11 Å². The molecule has 1 N–H and O–H groups in total. The van der Waals surface area contributed by atoms with E-state index in [2.05, 4.69) is 9.99 Å². The van der Waals surface area contributed by atoms with Crippen molar-refractivity contribution in [2.45, 2.75) is 13.8 Å². The number of phenols is 1. The molecule has 13 heavy (non-hydrogen) atoms. The number of phenolic OH excluding ortho intramolecular Hbond substituents is 1. The van der Waals surface area contributed by atoms with E-state index in [1.807, 2.05) is 19.9 Å². The molecule has 1 aromatic rings. The Hall–Kier alpha value is -1.51. The second-order valence-corrected chi connectivity index (χ2v) is 2.86. The number of rotatable bonds is 2. The van der Waals surface area contributed by atoms with Gasteiger partial charge < -0.3 is 9.94 Å². The molecule has 0 fully saturated rings. The number of aryl methyl sites for hydroxylation is 1. The molecule has 0 amide bonds. The lowest BCUT2D eigenvalue weighted by atomic mass is 10.1. The van der Waals surface area contributed by atoms with Crippen molar-refractivity contribution < 1.29 is 9.94 Å². The first kappa shape index (κ1) is 9.58. The summed E-state index contributed by atoms with van der Waals surface area (Å²) in [6.07, 6.45) is 1.49. The van der Waals surface area contributed by atoms with Gasteiger partial charge >= 0.3 is 0 Å². The Labute approximate surface area is 77.6 Å². The second-order valence-electron chi connectivity index (χ2n) is 2.86. The maximum atomic E-state index is 9.66. The van der Waals surface area contributed by atoms with Crippen LogP contribution in [0.2, 0.25) is 0 Å². The Morgan fingerprint density at radius 2 is 2.08 bits per heavy atom. The molecule has 0 spiro atoms. The van der Waals surface area contributed by atoms with Crippen LogP contribution < -0.4 is 0 Å².